The van der Waals surface area contributed by atoms with Gasteiger partial charge in [0.2, 0.25) is 0 Å². The van der Waals surface area contributed by atoms with Gasteiger partial charge in [0.1, 0.15) is 11.7 Å². The molecule has 3 atom stereocenters. The molecule has 0 fully saturated rings. The van der Waals surface area contributed by atoms with Gasteiger partial charge in [-0.3, -0.25) is 0 Å². The molecular formula is C32H38N2O4. The number of nitrogens with two attached hydrogens (primary N) is 1. The lowest BCUT2D eigenvalue weighted by Crippen LogP contribution is -2.47. The predicted molar refractivity (Wildman–Crippen MR) is 151 cm³/mol. The topological polar surface area (TPSA) is 90.6 Å². The van der Waals surface area contributed by atoms with Crippen LogP contribution in [0.2, 0.25) is 0 Å². The molecule has 200 valence electrons. The number of benzene rings is 3. The number of amides is 1. The van der Waals surface area contributed by atoms with E-state index in [1.54, 1.807) is 6.08 Å². The quantitative estimate of drug-likeness (QED) is 0.253. The maximum Gasteiger partial charge on any atom is 0.407 e. The van der Waals surface area contributed by atoms with E-state index in [1.807, 2.05) is 112 Å². The summed E-state index contributed by atoms with van der Waals surface area (Å²) in [5.41, 5.74) is 8.97. The van der Waals surface area contributed by atoms with Gasteiger partial charge in [-0.05, 0) is 56.4 Å². The summed E-state index contributed by atoms with van der Waals surface area (Å²) < 4.78 is 11.4. The van der Waals surface area contributed by atoms with Crippen molar-refractivity contribution in [3.63, 3.8) is 0 Å². The van der Waals surface area contributed by atoms with Crippen LogP contribution >= 0.6 is 0 Å². The third kappa shape index (κ3) is 10.6. The van der Waals surface area contributed by atoms with Gasteiger partial charge in [0, 0.05) is 24.6 Å². The number of carbonyl (C=O) groups excluding carboxylic acids is 2. The van der Waals surface area contributed by atoms with Crippen molar-refractivity contribution in [2.45, 2.75) is 63.8 Å². The van der Waals surface area contributed by atoms with Crippen molar-refractivity contribution in [1.82, 2.24) is 5.32 Å². The minimum absolute atomic E-state index is 0.326. The molecule has 0 radical (unpaired) electrons. The molecule has 3 rings (SSSR count). The van der Waals surface area contributed by atoms with Crippen molar-refractivity contribution < 1.29 is 19.1 Å². The highest BCUT2D eigenvalue weighted by atomic mass is 16.6. The highest BCUT2D eigenvalue weighted by Crippen LogP contribution is 2.17. The van der Waals surface area contributed by atoms with Crippen molar-refractivity contribution in [3.05, 3.63) is 114 Å². The lowest BCUT2D eigenvalue weighted by atomic mass is 9.94. The predicted octanol–water partition coefficient (Wildman–Crippen LogP) is 5.71. The number of esters is 1. The molecule has 1 amide bonds. The molecule has 3 N–H and O–H groups in total. The first-order chi connectivity index (χ1) is 18.2. The highest BCUT2D eigenvalue weighted by Gasteiger charge is 2.28. The van der Waals surface area contributed by atoms with Gasteiger partial charge in [-0.1, -0.05) is 91.0 Å². The molecule has 0 bridgehead atoms. The van der Waals surface area contributed by atoms with Gasteiger partial charge in [-0.25, -0.2) is 9.59 Å². The summed E-state index contributed by atoms with van der Waals surface area (Å²) >= 11 is 0. The fourth-order valence-electron chi connectivity index (χ4n) is 4.09. The molecule has 0 heterocycles. The molecule has 6 heteroatoms. The summed E-state index contributed by atoms with van der Waals surface area (Å²) in [6.07, 6.45) is 3.33. The number of ether oxygens (including phenoxy) is 2. The first-order valence-corrected chi connectivity index (χ1v) is 12.9. The smallest absolute Gasteiger partial charge is 0.407 e. The second kappa shape index (κ2) is 14.1. The molecule has 38 heavy (non-hydrogen) atoms. The average molecular weight is 515 g/mol. The fraction of sp³-hybridized carbons (Fsp3) is 0.312. The number of rotatable bonds is 11. The Hall–Kier alpha value is -3.90. The Bertz CT molecular complexity index is 1160. The molecule has 0 spiro atoms. The minimum atomic E-state index is -0.647. The van der Waals surface area contributed by atoms with Crippen molar-refractivity contribution in [2.24, 2.45) is 5.73 Å². The van der Waals surface area contributed by atoms with Crippen LogP contribution in [0.15, 0.2) is 97.1 Å². The largest absolute Gasteiger partial charge is 0.457 e. The third-order valence-corrected chi connectivity index (χ3v) is 5.83. The van der Waals surface area contributed by atoms with E-state index in [9.17, 15) is 9.59 Å². The van der Waals surface area contributed by atoms with E-state index in [-0.39, 0.29) is 6.04 Å². The monoisotopic (exact) mass is 514 g/mol. The normalized spacial score (nSPS) is 13.9. The fourth-order valence-corrected chi connectivity index (χ4v) is 4.09. The summed E-state index contributed by atoms with van der Waals surface area (Å²) in [6.45, 7) is 5.45. The zero-order valence-electron chi connectivity index (χ0n) is 22.4. The Morgan fingerprint density at radius 1 is 0.842 bits per heavy atom. The SMILES string of the molecule is CC(C)(C)OC(=O)N[C@@H](Cc1ccccc1)C[C@H](OC(=O)/C=C/c1ccccc1)[C@@H](N)Cc1ccccc1. The van der Waals surface area contributed by atoms with Gasteiger partial charge in [0.15, 0.2) is 0 Å². The first-order valence-electron chi connectivity index (χ1n) is 12.9. The maximum atomic E-state index is 12.9. The van der Waals surface area contributed by atoms with Crippen LogP contribution in [0.25, 0.3) is 6.08 Å². The highest BCUT2D eigenvalue weighted by molar-refractivity contribution is 5.87. The lowest BCUT2D eigenvalue weighted by molar-refractivity contribution is -0.144. The molecule has 0 unspecified atom stereocenters. The summed E-state index contributed by atoms with van der Waals surface area (Å²) in [6, 6.07) is 28.4. The number of hydrogen-bond acceptors (Lipinski definition) is 5. The molecule has 0 aromatic heterocycles. The summed E-state index contributed by atoms with van der Waals surface area (Å²) in [7, 11) is 0. The van der Waals surface area contributed by atoms with E-state index in [4.69, 9.17) is 15.2 Å². The van der Waals surface area contributed by atoms with E-state index in [0.717, 1.165) is 16.7 Å². The van der Waals surface area contributed by atoms with Crippen LogP contribution < -0.4 is 11.1 Å². The van der Waals surface area contributed by atoms with Crippen LogP contribution in [0.1, 0.15) is 43.9 Å². The molecule has 0 saturated carbocycles. The van der Waals surface area contributed by atoms with E-state index < -0.39 is 29.8 Å². The second-order valence-electron chi connectivity index (χ2n) is 10.3. The lowest BCUT2D eigenvalue weighted by Gasteiger charge is -2.29. The van der Waals surface area contributed by atoms with Crippen molar-refractivity contribution in [1.29, 1.82) is 0 Å². The van der Waals surface area contributed by atoms with Crippen LogP contribution in [-0.4, -0.2) is 35.9 Å². The zero-order valence-corrected chi connectivity index (χ0v) is 22.4. The Labute approximate surface area is 225 Å². The van der Waals surface area contributed by atoms with Crippen LogP contribution in [0.5, 0.6) is 0 Å². The van der Waals surface area contributed by atoms with Gasteiger partial charge in [0.05, 0.1) is 0 Å². The minimum Gasteiger partial charge on any atom is -0.457 e. The van der Waals surface area contributed by atoms with Crippen molar-refractivity contribution in [3.8, 4) is 0 Å². The maximum absolute atomic E-state index is 12.9. The van der Waals surface area contributed by atoms with Gasteiger partial charge in [0.25, 0.3) is 0 Å². The number of nitrogens with one attached hydrogen (secondary N) is 1. The van der Waals surface area contributed by atoms with Crippen LogP contribution in [0, 0.1) is 0 Å². The Morgan fingerprint density at radius 3 is 1.92 bits per heavy atom. The van der Waals surface area contributed by atoms with Gasteiger partial charge < -0.3 is 20.5 Å². The molecule has 0 aliphatic heterocycles. The van der Waals surface area contributed by atoms with E-state index in [2.05, 4.69) is 5.32 Å². The van der Waals surface area contributed by atoms with Crippen LogP contribution in [-0.2, 0) is 27.1 Å². The molecule has 0 aliphatic rings. The second-order valence-corrected chi connectivity index (χ2v) is 10.3. The van der Waals surface area contributed by atoms with Crippen molar-refractivity contribution in [2.75, 3.05) is 0 Å². The van der Waals surface area contributed by atoms with Gasteiger partial charge >= 0.3 is 12.1 Å². The molecule has 6 nitrogen and oxygen atoms in total. The first kappa shape index (κ1) is 28.7. The van der Waals surface area contributed by atoms with Crippen LogP contribution in [0.4, 0.5) is 4.79 Å². The molecule has 0 saturated heterocycles. The Morgan fingerprint density at radius 2 is 1.37 bits per heavy atom. The van der Waals surface area contributed by atoms with Crippen molar-refractivity contribution >= 4 is 18.1 Å². The molecule has 0 aliphatic carbocycles. The number of hydrogen-bond donors (Lipinski definition) is 2. The van der Waals surface area contributed by atoms with Gasteiger partial charge in [-0.15, -0.1) is 0 Å². The molecular weight excluding hydrogens is 476 g/mol. The third-order valence-electron chi connectivity index (χ3n) is 5.83. The average Bonchev–Trinajstić information content (AvgIpc) is 2.87. The van der Waals surface area contributed by atoms with Gasteiger partial charge in [-0.2, -0.15) is 0 Å². The summed E-state index contributed by atoms with van der Waals surface area (Å²) in [5.74, 6) is -0.488. The van der Waals surface area contributed by atoms with E-state index in [1.165, 1.54) is 6.08 Å². The number of alkyl carbamates (subject to hydrolysis) is 1. The molecule has 3 aromatic carbocycles. The standard InChI is InChI=1S/C32H38N2O4/c1-32(2,3)38-31(36)34-27(21-25-15-9-5-10-16-25)23-29(28(33)22-26-17-11-6-12-18-26)37-30(35)20-19-24-13-7-4-8-14-24/h4-20,27-29H,21-23,33H2,1-3H3,(H,34,36)/b20-19+/t27-,28-,29-/m0/s1. The summed E-state index contributed by atoms with van der Waals surface area (Å²) in [4.78, 5) is 25.6. The zero-order chi connectivity index (χ0) is 27.4. The van der Waals surface area contributed by atoms with E-state index >= 15 is 0 Å². The molecule has 3 aromatic rings. The van der Waals surface area contributed by atoms with E-state index in [0.29, 0.717) is 19.3 Å². The Kier molecular flexibility index (Phi) is 10.7. The van der Waals surface area contributed by atoms with Crippen LogP contribution in [0.3, 0.4) is 0 Å². The number of carbonyl (C=O) groups is 2. The summed E-state index contributed by atoms with van der Waals surface area (Å²) in [5, 5.41) is 2.98. The Balaban J connectivity index is 1.80.